The molecule has 0 N–H and O–H groups in total. The van der Waals surface area contributed by atoms with Gasteiger partial charge in [-0.3, -0.25) is 4.79 Å². The number of carbonyl (C=O) groups excluding carboxylic acids is 1. The molecule has 0 unspecified atom stereocenters. The Morgan fingerprint density at radius 3 is 2.67 bits per heavy atom. The van der Waals surface area contributed by atoms with Gasteiger partial charge in [0, 0.05) is 17.8 Å². The summed E-state index contributed by atoms with van der Waals surface area (Å²) >= 11 is 1.69. The van der Waals surface area contributed by atoms with E-state index in [1.165, 1.54) is 10.4 Å². The van der Waals surface area contributed by atoms with Crippen molar-refractivity contribution >= 4 is 17.2 Å². The SMILES string of the molecule is C=CCN(Cc1cccs1)C(=O)CCCc1ccccc1. The smallest absolute Gasteiger partial charge is 0.223 e. The van der Waals surface area contributed by atoms with E-state index in [4.69, 9.17) is 0 Å². The third-order valence-corrected chi connectivity index (χ3v) is 4.19. The van der Waals surface area contributed by atoms with Gasteiger partial charge in [-0.25, -0.2) is 0 Å². The molecule has 1 heterocycles. The molecule has 0 saturated heterocycles. The molecule has 0 fully saturated rings. The minimum absolute atomic E-state index is 0.208. The normalized spacial score (nSPS) is 10.3. The van der Waals surface area contributed by atoms with Gasteiger partial charge < -0.3 is 4.90 Å². The number of aryl methyl sites for hydroxylation is 1. The van der Waals surface area contributed by atoms with Crippen molar-refractivity contribution in [3.8, 4) is 0 Å². The first kappa shape index (κ1) is 15.5. The molecule has 3 heteroatoms. The molecule has 2 nitrogen and oxygen atoms in total. The quantitative estimate of drug-likeness (QED) is 0.666. The van der Waals surface area contributed by atoms with E-state index in [9.17, 15) is 4.79 Å². The number of hydrogen-bond acceptors (Lipinski definition) is 2. The molecule has 1 aromatic carbocycles. The van der Waals surface area contributed by atoms with E-state index >= 15 is 0 Å². The van der Waals surface area contributed by atoms with Gasteiger partial charge >= 0.3 is 0 Å². The molecule has 2 aromatic rings. The van der Waals surface area contributed by atoms with E-state index in [0.717, 1.165) is 12.8 Å². The highest BCUT2D eigenvalue weighted by atomic mass is 32.1. The van der Waals surface area contributed by atoms with Crippen molar-refractivity contribution in [2.75, 3.05) is 6.54 Å². The number of rotatable bonds is 8. The molecule has 1 amide bonds. The van der Waals surface area contributed by atoms with Gasteiger partial charge in [0.1, 0.15) is 0 Å². The average molecular weight is 299 g/mol. The topological polar surface area (TPSA) is 20.3 Å². The van der Waals surface area contributed by atoms with Crippen molar-refractivity contribution in [3.63, 3.8) is 0 Å². The van der Waals surface area contributed by atoms with Crippen LogP contribution in [0.2, 0.25) is 0 Å². The average Bonchev–Trinajstić information content (AvgIpc) is 3.01. The standard InChI is InChI=1S/C18H21NOS/c1-2-13-19(15-17-11-7-14-21-17)18(20)12-6-10-16-8-4-3-5-9-16/h2-5,7-9,11,14H,1,6,10,12-13,15H2. The lowest BCUT2D eigenvalue weighted by Gasteiger charge is -2.20. The van der Waals surface area contributed by atoms with E-state index in [-0.39, 0.29) is 5.91 Å². The molecule has 0 spiro atoms. The van der Waals surface area contributed by atoms with Crippen molar-refractivity contribution in [2.45, 2.75) is 25.8 Å². The number of amides is 1. The van der Waals surface area contributed by atoms with Gasteiger partial charge in [0.2, 0.25) is 5.91 Å². The van der Waals surface area contributed by atoms with Gasteiger partial charge in [-0.2, -0.15) is 0 Å². The predicted octanol–water partition coefficient (Wildman–Crippen LogP) is 4.29. The molecule has 0 bridgehead atoms. The minimum atomic E-state index is 0.208. The molecule has 110 valence electrons. The summed E-state index contributed by atoms with van der Waals surface area (Å²) in [5.74, 6) is 0.208. The maximum Gasteiger partial charge on any atom is 0.223 e. The van der Waals surface area contributed by atoms with Crippen LogP contribution in [0.25, 0.3) is 0 Å². The van der Waals surface area contributed by atoms with Gasteiger partial charge in [-0.15, -0.1) is 17.9 Å². The van der Waals surface area contributed by atoms with Crippen molar-refractivity contribution < 1.29 is 4.79 Å². The van der Waals surface area contributed by atoms with Gasteiger partial charge in [0.25, 0.3) is 0 Å². The van der Waals surface area contributed by atoms with Crippen LogP contribution in [0.5, 0.6) is 0 Å². The Morgan fingerprint density at radius 2 is 2.00 bits per heavy atom. The fourth-order valence-electron chi connectivity index (χ4n) is 2.25. The highest BCUT2D eigenvalue weighted by Gasteiger charge is 2.12. The Bertz CT molecular complexity index is 548. The Kier molecular flexibility index (Phi) is 6.22. The molecule has 0 aliphatic carbocycles. The summed E-state index contributed by atoms with van der Waals surface area (Å²) in [6.07, 6.45) is 4.23. The van der Waals surface area contributed by atoms with Crippen LogP contribution in [0.15, 0.2) is 60.5 Å². The number of nitrogens with zero attached hydrogens (tertiary/aromatic N) is 1. The molecule has 0 saturated carbocycles. The fourth-order valence-corrected chi connectivity index (χ4v) is 2.97. The van der Waals surface area contributed by atoms with E-state index in [0.29, 0.717) is 19.5 Å². The van der Waals surface area contributed by atoms with Gasteiger partial charge in [0.05, 0.1) is 6.54 Å². The zero-order valence-electron chi connectivity index (χ0n) is 12.2. The zero-order valence-corrected chi connectivity index (χ0v) is 13.0. The molecule has 1 aromatic heterocycles. The van der Waals surface area contributed by atoms with Crippen LogP contribution < -0.4 is 0 Å². The zero-order chi connectivity index (χ0) is 14.9. The fraction of sp³-hybridized carbons (Fsp3) is 0.278. The molecule has 0 radical (unpaired) electrons. The molecule has 0 atom stereocenters. The van der Waals surface area contributed by atoms with Crippen molar-refractivity contribution in [1.29, 1.82) is 0 Å². The molecule has 0 aliphatic heterocycles. The first-order valence-corrected chi connectivity index (χ1v) is 8.12. The van der Waals surface area contributed by atoms with Gasteiger partial charge in [0.15, 0.2) is 0 Å². The van der Waals surface area contributed by atoms with Crippen molar-refractivity contribution in [2.24, 2.45) is 0 Å². The van der Waals surface area contributed by atoms with Gasteiger partial charge in [-0.05, 0) is 29.9 Å². The third-order valence-electron chi connectivity index (χ3n) is 3.33. The highest BCUT2D eigenvalue weighted by Crippen LogP contribution is 2.14. The van der Waals surface area contributed by atoms with Crippen LogP contribution in [0.4, 0.5) is 0 Å². The number of hydrogen-bond donors (Lipinski definition) is 0. The number of benzene rings is 1. The van der Waals surface area contributed by atoms with E-state index in [2.05, 4.69) is 24.8 Å². The third kappa shape index (κ3) is 5.20. The summed E-state index contributed by atoms with van der Waals surface area (Å²) in [5.41, 5.74) is 1.29. The molecule has 0 aliphatic rings. The van der Waals surface area contributed by atoms with E-state index in [1.54, 1.807) is 17.4 Å². The Morgan fingerprint density at radius 1 is 1.19 bits per heavy atom. The predicted molar refractivity (Wildman–Crippen MR) is 89.3 cm³/mol. The highest BCUT2D eigenvalue weighted by molar-refractivity contribution is 7.09. The van der Waals surface area contributed by atoms with Crippen LogP contribution >= 0.6 is 11.3 Å². The maximum atomic E-state index is 12.3. The first-order valence-electron chi connectivity index (χ1n) is 7.24. The lowest BCUT2D eigenvalue weighted by molar-refractivity contribution is -0.131. The summed E-state index contributed by atoms with van der Waals surface area (Å²) in [6, 6.07) is 14.4. The number of thiophene rings is 1. The molecular formula is C18H21NOS. The van der Waals surface area contributed by atoms with Crippen molar-refractivity contribution in [1.82, 2.24) is 4.90 Å². The van der Waals surface area contributed by atoms with Crippen LogP contribution in [-0.4, -0.2) is 17.4 Å². The van der Waals surface area contributed by atoms with E-state index in [1.807, 2.05) is 34.5 Å². The van der Waals surface area contributed by atoms with Crippen LogP contribution in [0.1, 0.15) is 23.3 Å². The summed E-state index contributed by atoms with van der Waals surface area (Å²) in [7, 11) is 0. The number of carbonyl (C=O) groups is 1. The molecular weight excluding hydrogens is 278 g/mol. The molecule has 2 rings (SSSR count). The van der Waals surface area contributed by atoms with E-state index < -0.39 is 0 Å². The second kappa shape index (κ2) is 8.42. The summed E-state index contributed by atoms with van der Waals surface area (Å²) in [4.78, 5) is 15.4. The first-order chi connectivity index (χ1) is 10.3. The van der Waals surface area contributed by atoms with Crippen LogP contribution in [-0.2, 0) is 17.8 Å². The minimum Gasteiger partial charge on any atom is -0.334 e. The second-order valence-corrected chi connectivity index (χ2v) is 6.01. The largest absolute Gasteiger partial charge is 0.334 e. The maximum absolute atomic E-state index is 12.3. The monoisotopic (exact) mass is 299 g/mol. The Balaban J connectivity index is 1.82. The Hall–Kier alpha value is -1.87. The second-order valence-electron chi connectivity index (χ2n) is 4.98. The lowest BCUT2D eigenvalue weighted by Crippen LogP contribution is -2.30. The molecule has 21 heavy (non-hydrogen) atoms. The van der Waals surface area contributed by atoms with Crippen molar-refractivity contribution in [3.05, 3.63) is 70.9 Å². The summed E-state index contributed by atoms with van der Waals surface area (Å²) < 4.78 is 0. The lowest BCUT2D eigenvalue weighted by atomic mass is 10.1. The van der Waals surface area contributed by atoms with Crippen LogP contribution in [0.3, 0.4) is 0 Å². The van der Waals surface area contributed by atoms with Crippen LogP contribution in [0, 0.1) is 0 Å². The summed E-state index contributed by atoms with van der Waals surface area (Å²) in [5, 5.41) is 2.04. The summed E-state index contributed by atoms with van der Waals surface area (Å²) in [6.45, 7) is 5.05. The Labute approximate surface area is 130 Å². The van der Waals surface area contributed by atoms with Gasteiger partial charge in [-0.1, -0.05) is 42.5 Å².